The predicted octanol–water partition coefficient (Wildman–Crippen LogP) is 2.02. The van der Waals surface area contributed by atoms with E-state index < -0.39 is 0 Å². The highest BCUT2D eigenvalue weighted by Gasteiger charge is 2.12. The Morgan fingerprint density at radius 3 is 2.65 bits per heavy atom. The van der Waals surface area contributed by atoms with Crippen LogP contribution in [0, 0.1) is 0 Å². The Morgan fingerprint density at radius 1 is 1.29 bits per heavy atom. The van der Waals surface area contributed by atoms with Gasteiger partial charge in [0, 0.05) is 39.0 Å². The van der Waals surface area contributed by atoms with Gasteiger partial charge in [0.1, 0.15) is 0 Å². The molecule has 1 aliphatic heterocycles. The smallest absolute Gasteiger partial charge is 0.0619 e. The molecular formula is C14H22N2O. The number of benzene rings is 1. The van der Waals surface area contributed by atoms with Gasteiger partial charge in [0.05, 0.1) is 6.61 Å². The van der Waals surface area contributed by atoms with Crippen molar-refractivity contribution < 1.29 is 4.74 Å². The number of ether oxygens (including phenoxy) is 1. The molecule has 1 fully saturated rings. The van der Waals surface area contributed by atoms with Crippen molar-refractivity contribution in [1.82, 2.24) is 5.32 Å². The van der Waals surface area contributed by atoms with Gasteiger partial charge in [0.25, 0.3) is 0 Å². The zero-order valence-electron chi connectivity index (χ0n) is 10.8. The minimum absolute atomic E-state index is 0.525. The molecule has 2 rings (SSSR count). The first-order valence-corrected chi connectivity index (χ1v) is 6.33. The number of nitrogens with one attached hydrogen (secondary N) is 1. The number of nitrogens with zero attached hydrogens (tertiary/aromatic N) is 1. The van der Waals surface area contributed by atoms with Crippen LogP contribution < -0.4 is 10.2 Å². The van der Waals surface area contributed by atoms with Gasteiger partial charge < -0.3 is 15.0 Å². The van der Waals surface area contributed by atoms with E-state index in [1.54, 1.807) is 0 Å². The average Bonchev–Trinajstić information content (AvgIpc) is 2.38. The van der Waals surface area contributed by atoms with E-state index in [1.807, 2.05) is 0 Å². The fourth-order valence-corrected chi connectivity index (χ4v) is 2.08. The van der Waals surface area contributed by atoms with Crippen molar-refractivity contribution in [1.29, 1.82) is 0 Å². The SMILES string of the molecule is CN(C)c1ccc(CNC2CCCOC2)cc1. The molecule has 94 valence electrons. The monoisotopic (exact) mass is 234 g/mol. The number of hydrogen-bond acceptors (Lipinski definition) is 3. The van der Waals surface area contributed by atoms with Crippen molar-refractivity contribution >= 4 is 5.69 Å². The Morgan fingerprint density at radius 2 is 2.06 bits per heavy atom. The maximum Gasteiger partial charge on any atom is 0.0619 e. The Hall–Kier alpha value is -1.06. The maximum atomic E-state index is 5.45. The van der Waals surface area contributed by atoms with Crippen molar-refractivity contribution in [2.75, 3.05) is 32.2 Å². The van der Waals surface area contributed by atoms with Crippen LogP contribution in [0.2, 0.25) is 0 Å². The first-order chi connectivity index (χ1) is 8.25. The van der Waals surface area contributed by atoms with Gasteiger partial charge in [-0.05, 0) is 30.5 Å². The van der Waals surface area contributed by atoms with Gasteiger partial charge in [-0.3, -0.25) is 0 Å². The molecule has 0 bridgehead atoms. The lowest BCUT2D eigenvalue weighted by Gasteiger charge is -2.23. The molecule has 0 amide bonds. The maximum absolute atomic E-state index is 5.45. The first-order valence-electron chi connectivity index (χ1n) is 6.33. The second-order valence-electron chi connectivity index (χ2n) is 4.86. The zero-order chi connectivity index (χ0) is 12.1. The highest BCUT2D eigenvalue weighted by Crippen LogP contribution is 2.13. The van der Waals surface area contributed by atoms with Crippen LogP contribution in [0.3, 0.4) is 0 Å². The zero-order valence-corrected chi connectivity index (χ0v) is 10.8. The van der Waals surface area contributed by atoms with Gasteiger partial charge in [0.15, 0.2) is 0 Å². The molecule has 1 atom stereocenters. The lowest BCUT2D eigenvalue weighted by Crippen LogP contribution is -2.36. The van der Waals surface area contributed by atoms with Crippen LogP contribution in [0.1, 0.15) is 18.4 Å². The first kappa shape index (κ1) is 12.4. The van der Waals surface area contributed by atoms with Crippen LogP contribution in [0.4, 0.5) is 5.69 Å². The van der Waals surface area contributed by atoms with E-state index in [9.17, 15) is 0 Å². The highest BCUT2D eigenvalue weighted by molar-refractivity contribution is 5.45. The Balaban J connectivity index is 1.82. The second-order valence-corrected chi connectivity index (χ2v) is 4.86. The van der Waals surface area contributed by atoms with Crippen molar-refractivity contribution in [2.24, 2.45) is 0 Å². The fraction of sp³-hybridized carbons (Fsp3) is 0.571. The van der Waals surface area contributed by atoms with Gasteiger partial charge in [-0.25, -0.2) is 0 Å². The predicted molar refractivity (Wildman–Crippen MR) is 71.4 cm³/mol. The van der Waals surface area contributed by atoms with E-state index in [-0.39, 0.29) is 0 Å². The van der Waals surface area contributed by atoms with Crippen LogP contribution in [-0.2, 0) is 11.3 Å². The van der Waals surface area contributed by atoms with E-state index in [0.717, 1.165) is 19.8 Å². The molecule has 1 unspecified atom stereocenters. The largest absolute Gasteiger partial charge is 0.380 e. The van der Waals surface area contributed by atoms with Crippen LogP contribution in [0.25, 0.3) is 0 Å². The second kappa shape index (κ2) is 6.03. The minimum Gasteiger partial charge on any atom is -0.380 e. The topological polar surface area (TPSA) is 24.5 Å². The summed E-state index contributed by atoms with van der Waals surface area (Å²) in [4.78, 5) is 2.12. The molecule has 1 heterocycles. The van der Waals surface area contributed by atoms with E-state index >= 15 is 0 Å². The number of rotatable bonds is 4. The van der Waals surface area contributed by atoms with Crippen molar-refractivity contribution in [2.45, 2.75) is 25.4 Å². The molecule has 1 saturated heterocycles. The summed E-state index contributed by atoms with van der Waals surface area (Å²) in [6.07, 6.45) is 2.41. The fourth-order valence-electron chi connectivity index (χ4n) is 2.08. The Labute approximate surface area is 104 Å². The quantitative estimate of drug-likeness (QED) is 0.862. The van der Waals surface area contributed by atoms with Crippen molar-refractivity contribution in [3.63, 3.8) is 0 Å². The minimum atomic E-state index is 0.525. The Bertz CT molecular complexity index is 329. The van der Waals surface area contributed by atoms with Crippen LogP contribution >= 0.6 is 0 Å². The normalized spacial score (nSPS) is 20.2. The molecule has 0 spiro atoms. The standard InChI is InChI=1S/C14H22N2O/c1-16(2)14-7-5-12(6-8-14)10-15-13-4-3-9-17-11-13/h5-8,13,15H,3-4,9-11H2,1-2H3. The van der Waals surface area contributed by atoms with Gasteiger partial charge >= 0.3 is 0 Å². The van der Waals surface area contributed by atoms with Gasteiger partial charge in [-0.1, -0.05) is 12.1 Å². The number of anilines is 1. The van der Waals surface area contributed by atoms with Gasteiger partial charge in [0.2, 0.25) is 0 Å². The van der Waals surface area contributed by atoms with Gasteiger partial charge in [-0.15, -0.1) is 0 Å². The summed E-state index contributed by atoms with van der Waals surface area (Å²) in [6.45, 7) is 2.72. The highest BCUT2D eigenvalue weighted by atomic mass is 16.5. The van der Waals surface area contributed by atoms with E-state index in [2.05, 4.69) is 48.6 Å². The molecular weight excluding hydrogens is 212 g/mol. The van der Waals surface area contributed by atoms with Crippen LogP contribution in [0.15, 0.2) is 24.3 Å². The molecule has 1 aromatic rings. The molecule has 0 saturated carbocycles. The molecule has 0 aliphatic carbocycles. The lowest BCUT2D eigenvalue weighted by atomic mass is 10.1. The van der Waals surface area contributed by atoms with Gasteiger partial charge in [-0.2, -0.15) is 0 Å². The third-order valence-electron chi connectivity index (χ3n) is 3.21. The van der Waals surface area contributed by atoms with Crippen LogP contribution in [0.5, 0.6) is 0 Å². The van der Waals surface area contributed by atoms with Crippen LogP contribution in [-0.4, -0.2) is 33.4 Å². The summed E-state index contributed by atoms with van der Waals surface area (Å²) >= 11 is 0. The summed E-state index contributed by atoms with van der Waals surface area (Å²) in [5.41, 5.74) is 2.58. The molecule has 1 aliphatic rings. The molecule has 0 aromatic heterocycles. The van der Waals surface area contributed by atoms with E-state index in [1.165, 1.54) is 24.1 Å². The summed E-state index contributed by atoms with van der Waals surface area (Å²) in [7, 11) is 4.12. The third kappa shape index (κ3) is 3.72. The molecule has 1 aromatic carbocycles. The number of hydrogen-bond donors (Lipinski definition) is 1. The molecule has 3 heteroatoms. The third-order valence-corrected chi connectivity index (χ3v) is 3.21. The molecule has 0 radical (unpaired) electrons. The molecule has 17 heavy (non-hydrogen) atoms. The molecule has 3 nitrogen and oxygen atoms in total. The summed E-state index contributed by atoms with van der Waals surface area (Å²) in [5, 5.41) is 3.55. The lowest BCUT2D eigenvalue weighted by molar-refractivity contribution is 0.0699. The molecule has 1 N–H and O–H groups in total. The van der Waals surface area contributed by atoms with E-state index in [4.69, 9.17) is 4.74 Å². The average molecular weight is 234 g/mol. The van der Waals surface area contributed by atoms with Crippen molar-refractivity contribution in [3.05, 3.63) is 29.8 Å². The Kier molecular flexibility index (Phi) is 4.40. The van der Waals surface area contributed by atoms with E-state index in [0.29, 0.717) is 6.04 Å². The van der Waals surface area contributed by atoms with Crippen molar-refractivity contribution in [3.8, 4) is 0 Å². The summed E-state index contributed by atoms with van der Waals surface area (Å²) < 4.78 is 5.45. The summed E-state index contributed by atoms with van der Waals surface area (Å²) in [5.74, 6) is 0. The summed E-state index contributed by atoms with van der Waals surface area (Å²) in [6, 6.07) is 9.22.